The molecule has 0 aliphatic rings. The summed E-state index contributed by atoms with van der Waals surface area (Å²) >= 11 is 0. The van der Waals surface area contributed by atoms with Gasteiger partial charge in [-0.3, -0.25) is 0 Å². The molecular weight excluding hydrogens is 257 g/mol. The highest BCUT2D eigenvalue weighted by atomic mass is 19.1. The lowest BCUT2D eigenvalue weighted by molar-refractivity contribution is 0.311. The molecule has 0 radical (unpaired) electrons. The Balaban J connectivity index is 2.04. The van der Waals surface area contributed by atoms with Gasteiger partial charge in [0.1, 0.15) is 17.4 Å². The maximum absolute atomic E-state index is 13.3. The molecule has 0 aliphatic carbocycles. The number of aromatic nitrogens is 2. The highest BCUT2D eigenvalue weighted by molar-refractivity contribution is 5.36. The number of nitrogens with one attached hydrogen (secondary N) is 1. The summed E-state index contributed by atoms with van der Waals surface area (Å²) in [6.07, 6.45) is 4.39. The van der Waals surface area contributed by atoms with E-state index < -0.39 is 0 Å². The average molecular weight is 277 g/mol. The maximum atomic E-state index is 13.3. The monoisotopic (exact) mass is 277 g/mol. The second-order valence-corrected chi connectivity index (χ2v) is 4.75. The Kier molecular flexibility index (Phi) is 4.74. The number of imidazole rings is 1. The van der Waals surface area contributed by atoms with Gasteiger partial charge in [-0.25, -0.2) is 9.37 Å². The molecule has 1 N–H and O–H groups in total. The molecule has 2 aromatic rings. The van der Waals surface area contributed by atoms with Crippen molar-refractivity contribution in [3.8, 4) is 5.75 Å². The minimum absolute atomic E-state index is 0.0360. The third kappa shape index (κ3) is 3.36. The first kappa shape index (κ1) is 14.5. The van der Waals surface area contributed by atoms with Crippen LogP contribution in [0.4, 0.5) is 4.39 Å². The van der Waals surface area contributed by atoms with E-state index in [0.717, 1.165) is 11.4 Å². The van der Waals surface area contributed by atoms with Crippen LogP contribution in [-0.2, 0) is 13.5 Å². The summed E-state index contributed by atoms with van der Waals surface area (Å²) in [5.41, 5.74) is 0.826. The smallest absolute Gasteiger partial charge is 0.124 e. The first-order valence-corrected chi connectivity index (χ1v) is 6.67. The molecule has 108 valence electrons. The van der Waals surface area contributed by atoms with Gasteiger partial charge < -0.3 is 14.6 Å². The second kappa shape index (κ2) is 6.52. The van der Waals surface area contributed by atoms with E-state index in [4.69, 9.17) is 4.74 Å². The number of benzene rings is 1. The Morgan fingerprint density at radius 1 is 1.45 bits per heavy atom. The van der Waals surface area contributed by atoms with Crippen molar-refractivity contribution in [1.29, 1.82) is 0 Å². The minimum Gasteiger partial charge on any atom is -0.493 e. The van der Waals surface area contributed by atoms with Gasteiger partial charge in [0.05, 0.1) is 6.61 Å². The van der Waals surface area contributed by atoms with Crippen LogP contribution in [-0.4, -0.2) is 23.2 Å². The maximum Gasteiger partial charge on any atom is 0.124 e. The summed E-state index contributed by atoms with van der Waals surface area (Å²) in [5, 5.41) is 3.10. The number of ether oxygens (including phenoxy) is 1. The third-order valence-corrected chi connectivity index (χ3v) is 3.38. The number of hydrogen-bond acceptors (Lipinski definition) is 3. The van der Waals surface area contributed by atoms with Crippen LogP contribution in [0.3, 0.4) is 0 Å². The van der Waals surface area contributed by atoms with Crippen molar-refractivity contribution in [3.05, 3.63) is 47.8 Å². The zero-order chi connectivity index (χ0) is 14.5. The van der Waals surface area contributed by atoms with Crippen LogP contribution in [0, 0.1) is 5.82 Å². The van der Waals surface area contributed by atoms with E-state index in [0.29, 0.717) is 18.8 Å². The minimum atomic E-state index is -0.251. The summed E-state index contributed by atoms with van der Waals surface area (Å²) in [6.45, 7) is 2.49. The van der Waals surface area contributed by atoms with E-state index in [-0.39, 0.29) is 11.9 Å². The summed E-state index contributed by atoms with van der Waals surface area (Å²) in [7, 11) is 3.79. The fourth-order valence-corrected chi connectivity index (χ4v) is 2.03. The molecule has 0 amide bonds. The number of rotatable bonds is 6. The molecule has 20 heavy (non-hydrogen) atoms. The van der Waals surface area contributed by atoms with Gasteiger partial charge >= 0.3 is 0 Å². The molecule has 2 rings (SSSR count). The molecule has 4 nitrogen and oxygen atoms in total. The number of hydrogen-bond donors (Lipinski definition) is 1. The molecule has 0 spiro atoms. The normalized spacial score (nSPS) is 12.4. The van der Waals surface area contributed by atoms with Gasteiger partial charge in [-0.1, -0.05) is 0 Å². The van der Waals surface area contributed by atoms with Crippen LogP contribution in [0.15, 0.2) is 30.6 Å². The van der Waals surface area contributed by atoms with E-state index in [1.165, 1.54) is 12.1 Å². The Bertz CT molecular complexity index is 568. The summed E-state index contributed by atoms with van der Waals surface area (Å²) in [4.78, 5) is 4.25. The van der Waals surface area contributed by atoms with Crippen LogP contribution in [0.25, 0.3) is 0 Å². The van der Waals surface area contributed by atoms with Gasteiger partial charge in [0.25, 0.3) is 0 Å². The van der Waals surface area contributed by atoms with Gasteiger partial charge in [-0.05, 0) is 32.2 Å². The fraction of sp³-hybridized carbons (Fsp3) is 0.400. The molecule has 0 saturated carbocycles. The topological polar surface area (TPSA) is 39.1 Å². The molecule has 1 heterocycles. The SMILES string of the molecule is CNC(C)c1cc(F)ccc1OCCc1nccn1C. The molecular formula is C15H20FN3O. The molecule has 5 heteroatoms. The van der Waals surface area contributed by atoms with Crippen molar-refractivity contribution in [2.45, 2.75) is 19.4 Å². The van der Waals surface area contributed by atoms with E-state index in [1.807, 2.05) is 31.8 Å². The van der Waals surface area contributed by atoms with Crippen molar-refractivity contribution in [1.82, 2.24) is 14.9 Å². The highest BCUT2D eigenvalue weighted by Crippen LogP contribution is 2.26. The second-order valence-electron chi connectivity index (χ2n) is 4.75. The van der Waals surface area contributed by atoms with Crippen LogP contribution in [0.5, 0.6) is 5.75 Å². The summed E-state index contributed by atoms with van der Waals surface area (Å²) < 4.78 is 21.1. The highest BCUT2D eigenvalue weighted by Gasteiger charge is 2.11. The number of nitrogens with zero attached hydrogens (tertiary/aromatic N) is 2. The zero-order valence-corrected chi connectivity index (χ0v) is 12.1. The van der Waals surface area contributed by atoms with Gasteiger partial charge in [-0.2, -0.15) is 0 Å². The summed E-state index contributed by atoms with van der Waals surface area (Å²) in [6, 6.07) is 4.64. The van der Waals surface area contributed by atoms with E-state index in [2.05, 4.69) is 10.3 Å². The quantitative estimate of drug-likeness (QED) is 0.881. The average Bonchev–Trinajstić information content (AvgIpc) is 2.85. The van der Waals surface area contributed by atoms with E-state index in [1.54, 1.807) is 12.3 Å². The molecule has 1 aromatic heterocycles. The molecule has 0 fully saturated rings. The third-order valence-electron chi connectivity index (χ3n) is 3.38. The van der Waals surface area contributed by atoms with Crippen molar-refractivity contribution in [2.75, 3.05) is 13.7 Å². The largest absolute Gasteiger partial charge is 0.493 e. The van der Waals surface area contributed by atoms with Crippen LogP contribution in [0.2, 0.25) is 0 Å². The van der Waals surface area contributed by atoms with Crippen LogP contribution < -0.4 is 10.1 Å². The Labute approximate surface area is 118 Å². The lowest BCUT2D eigenvalue weighted by Crippen LogP contribution is -2.15. The van der Waals surface area contributed by atoms with Gasteiger partial charge in [0, 0.05) is 37.5 Å². The van der Waals surface area contributed by atoms with Crippen molar-refractivity contribution < 1.29 is 9.13 Å². The summed E-state index contributed by atoms with van der Waals surface area (Å²) in [5.74, 6) is 1.43. The first-order chi connectivity index (χ1) is 9.61. The predicted molar refractivity (Wildman–Crippen MR) is 76.3 cm³/mol. The standard InChI is InChI=1S/C15H20FN3O/c1-11(17-2)13-10-12(16)4-5-14(13)20-9-6-15-18-7-8-19(15)3/h4-5,7-8,10-11,17H,6,9H2,1-3H3. The van der Waals surface area contributed by atoms with Crippen molar-refractivity contribution >= 4 is 0 Å². The first-order valence-electron chi connectivity index (χ1n) is 6.67. The Morgan fingerprint density at radius 2 is 2.25 bits per heavy atom. The van der Waals surface area contributed by atoms with E-state index in [9.17, 15) is 4.39 Å². The molecule has 1 atom stereocenters. The van der Waals surface area contributed by atoms with Gasteiger partial charge in [0.15, 0.2) is 0 Å². The predicted octanol–water partition coefficient (Wildman–Crippen LogP) is 2.46. The van der Waals surface area contributed by atoms with Gasteiger partial charge in [-0.15, -0.1) is 0 Å². The molecule has 1 aromatic carbocycles. The van der Waals surface area contributed by atoms with Crippen molar-refractivity contribution in [2.24, 2.45) is 7.05 Å². The van der Waals surface area contributed by atoms with Crippen LogP contribution in [0.1, 0.15) is 24.4 Å². The van der Waals surface area contributed by atoms with Gasteiger partial charge in [0.2, 0.25) is 0 Å². The molecule has 0 aliphatic heterocycles. The number of halogens is 1. The molecule has 0 saturated heterocycles. The zero-order valence-electron chi connectivity index (χ0n) is 12.1. The van der Waals surface area contributed by atoms with Crippen LogP contribution >= 0.6 is 0 Å². The lowest BCUT2D eigenvalue weighted by atomic mass is 10.1. The van der Waals surface area contributed by atoms with Crippen molar-refractivity contribution in [3.63, 3.8) is 0 Å². The fourth-order valence-electron chi connectivity index (χ4n) is 2.03. The number of aryl methyl sites for hydroxylation is 1. The molecule has 0 bridgehead atoms. The Hall–Kier alpha value is -1.88. The lowest BCUT2D eigenvalue weighted by Gasteiger charge is -2.16. The van der Waals surface area contributed by atoms with E-state index >= 15 is 0 Å². The Morgan fingerprint density at radius 3 is 2.90 bits per heavy atom. The molecule has 1 unspecified atom stereocenters.